The molecule has 32 heavy (non-hydrogen) atoms. The average Bonchev–Trinajstić information content (AvgIpc) is 2.91. The molecule has 3 rings (SSSR count). The lowest BCUT2D eigenvalue weighted by Crippen LogP contribution is -2.50. The van der Waals surface area contributed by atoms with Gasteiger partial charge in [-0.1, -0.05) is 52.3 Å². The maximum atomic E-state index is 13.6. The van der Waals surface area contributed by atoms with E-state index in [1.807, 2.05) is 27.7 Å². The predicted octanol–water partition coefficient (Wildman–Crippen LogP) is 5.65. The molecule has 9 heteroatoms. The Balaban J connectivity index is 0. The number of amides is 3. The van der Waals surface area contributed by atoms with Gasteiger partial charge in [-0.3, -0.25) is 9.59 Å². The molecule has 2 aromatic rings. The van der Waals surface area contributed by atoms with E-state index in [0.717, 1.165) is 17.8 Å². The Kier molecular flexibility index (Phi) is 8.13. The first kappa shape index (κ1) is 25.0. The highest BCUT2D eigenvalue weighted by Gasteiger charge is 2.37. The maximum absolute atomic E-state index is 13.6. The first-order valence-corrected chi connectivity index (χ1v) is 10.7. The van der Waals surface area contributed by atoms with Gasteiger partial charge in [0.15, 0.2) is 0 Å². The zero-order valence-corrected chi connectivity index (χ0v) is 19.0. The summed E-state index contributed by atoms with van der Waals surface area (Å²) in [6.07, 6.45) is 1.55. The molecule has 0 unspecified atom stereocenters. The van der Waals surface area contributed by atoms with Crippen LogP contribution in [0.25, 0.3) is 0 Å². The maximum Gasteiger partial charge on any atom is 0.322 e. The largest absolute Gasteiger partial charge is 0.327 e. The smallest absolute Gasteiger partial charge is 0.322 e. The number of alkyl halides is 2. The number of anilines is 2. The molecule has 2 heterocycles. The molecule has 0 radical (unpaired) electrons. The molecule has 0 aliphatic carbocycles. The quantitative estimate of drug-likeness (QED) is 0.557. The average molecular weight is 455 g/mol. The Morgan fingerprint density at radius 1 is 1.31 bits per heavy atom. The molecule has 0 saturated carbocycles. The molecule has 1 aliphatic rings. The van der Waals surface area contributed by atoms with E-state index in [1.54, 1.807) is 24.3 Å². The molecule has 3 amide bonds. The van der Waals surface area contributed by atoms with E-state index in [0.29, 0.717) is 19.0 Å². The Hall–Kier alpha value is -3.23. The summed E-state index contributed by atoms with van der Waals surface area (Å²) in [7, 11) is 0. The molecule has 1 aromatic heterocycles. The highest BCUT2D eigenvalue weighted by atomic mass is 19.3. The number of halogens is 2. The van der Waals surface area contributed by atoms with Crippen molar-refractivity contribution in [1.29, 1.82) is 0 Å². The van der Waals surface area contributed by atoms with Gasteiger partial charge in [-0.15, -0.1) is 0 Å². The van der Waals surface area contributed by atoms with Crippen molar-refractivity contribution in [3.63, 3.8) is 0 Å². The van der Waals surface area contributed by atoms with Crippen LogP contribution in [0, 0.1) is 5.92 Å². The van der Waals surface area contributed by atoms with Gasteiger partial charge in [0.2, 0.25) is 5.91 Å². The number of nitrogens with one attached hydrogen (secondary N) is 3. The van der Waals surface area contributed by atoms with Crippen molar-refractivity contribution in [2.45, 2.75) is 59.5 Å². The first-order valence-electron chi connectivity index (χ1n) is 10.7. The fraction of sp³-hybridized carbons (Fsp3) is 0.435. The van der Waals surface area contributed by atoms with Crippen LogP contribution in [-0.2, 0) is 17.3 Å². The van der Waals surface area contributed by atoms with E-state index in [9.17, 15) is 23.2 Å². The Labute approximate surface area is 190 Å². The Bertz CT molecular complexity index is 1030. The van der Waals surface area contributed by atoms with Crippen LogP contribution in [0.5, 0.6) is 0 Å². The third-order valence-electron chi connectivity index (χ3n) is 5.32. The Morgan fingerprint density at radius 2 is 1.97 bits per heavy atom. The molecule has 0 saturated heterocycles. The molecule has 3 N–H and O–H groups in total. The zero-order chi connectivity index (χ0) is 24.1. The SMILES string of the molecule is CC.CC[C@H](C)[C@H]1C(=O)Nc2ccccc2CN1C(=O)Nc1cc(C(C)(F)F)c[nH]c1=O.[HH].[HH].[HH]. The van der Waals surface area contributed by atoms with Crippen molar-refractivity contribution in [2.24, 2.45) is 5.92 Å². The summed E-state index contributed by atoms with van der Waals surface area (Å²) in [5.74, 6) is -3.70. The van der Waals surface area contributed by atoms with Gasteiger partial charge < -0.3 is 20.5 Å². The van der Waals surface area contributed by atoms with Crippen LogP contribution in [0.4, 0.5) is 25.0 Å². The van der Waals surface area contributed by atoms with E-state index < -0.39 is 29.1 Å². The number of nitrogens with zero attached hydrogens (tertiary/aromatic N) is 1. The first-order chi connectivity index (χ1) is 15.1. The van der Waals surface area contributed by atoms with Crippen LogP contribution < -0.4 is 16.2 Å². The summed E-state index contributed by atoms with van der Waals surface area (Å²) in [4.78, 5) is 41.7. The predicted molar refractivity (Wildman–Crippen MR) is 127 cm³/mol. The topological polar surface area (TPSA) is 94.3 Å². The van der Waals surface area contributed by atoms with E-state index in [4.69, 9.17) is 0 Å². The molecule has 180 valence electrons. The molecule has 0 bridgehead atoms. The van der Waals surface area contributed by atoms with Crippen LogP contribution in [0.3, 0.4) is 0 Å². The summed E-state index contributed by atoms with van der Waals surface area (Å²) < 4.78 is 27.3. The highest BCUT2D eigenvalue weighted by Crippen LogP contribution is 2.29. The molecule has 0 fully saturated rings. The number of benzene rings is 1. The lowest BCUT2D eigenvalue weighted by molar-refractivity contribution is -0.121. The minimum Gasteiger partial charge on any atom is -0.327 e. The summed E-state index contributed by atoms with van der Waals surface area (Å²) >= 11 is 0. The second kappa shape index (κ2) is 10.4. The number of H-pyrrole nitrogens is 1. The van der Waals surface area contributed by atoms with Crippen LogP contribution in [-0.4, -0.2) is 27.9 Å². The van der Waals surface area contributed by atoms with E-state index in [-0.39, 0.29) is 28.3 Å². The number of aromatic amines is 1. The van der Waals surface area contributed by atoms with Crippen molar-refractivity contribution < 1.29 is 22.6 Å². The fourth-order valence-corrected chi connectivity index (χ4v) is 3.41. The zero-order valence-electron chi connectivity index (χ0n) is 19.0. The molecular weight excluding hydrogens is 418 g/mol. The van der Waals surface area contributed by atoms with Crippen molar-refractivity contribution in [1.82, 2.24) is 9.88 Å². The summed E-state index contributed by atoms with van der Waals surface area (Å²) in [5.41, 5.74) is -0.114. The van der Waals surface area contributed by atoms with Crippen LogP contribution >= 0.6 is 0 Å². The Morgan fingerprint density at radius 3 is 2.59 bits per heavy atom. The highest BCUT2D eigenvalue weighted by molar-refractivity contribution is 6.00. The lowest BCUT2D eigenvalue weighted by atomic mass is 9.97. The second-order valence-corrected chi connectivity index (χ2v) is 7.55. The normalized spacial score (nSPS) is 16.7. The third kappa shape index (κ3) is 5.52. The fourth-order valence-electron chi connectivity index (χ4n) is 3.41. The summed E-state index contributed by atoms with van der Waals surface area (Å²) in [5, 5.41) is 5.26. The number of hydrogen-bond acceptors (Lipinski definition) is 3. The minimum absolute atomic E-state index is 0. The number of hydrogen-bond donors (Lipinski definition) is 3. The minimum atomic E-state index is -3.19. The van der Waals surface area contributed by atoms with Gasteiger partial charge in [0.05, 0.1) is 6.54 Å². The van der Waals surface area contributed by atoms with Gasteiger partial charge in [-0.05, 0) is 23.6 Å². The molecular formula is C23H36F2N4O3. The number of urea groups is 1. The summed E-state index contributed by atoms with van der Waals surface area (Å²) in [6.45, 7) is 8.58. The number of rotatable bonds is 4. The van der Waals surface area contributed by atoms with E-state index >= 15 is 0 Å². The van der Waals surface area contributed by atoms with Crippen LogP contribution in [0.2, 0.25) is 0 Å². The number of carbonyl (C=O) groups excluding carboxylic acids is 2. The van der Waals surface area contributed by atoms with Crippen molar-refractivity contribution in [2.75, 3.05) is 10.6 Å². The second-order valence-electron chi connectivity index (χ2n) is 7.55. The molecule has 1 aliphatic heterocycles. The van der Waals surface area contributed by atoms with Gasteiger partial charge in [0, 0.05) is 28.7 Å². The standard InChI is InChI=1S/C21H24F2N4O3.C2H6.3H2/c1-4-12(2)17-19(29)25-15-8-6-5-7-13(15)11-27(17)20(30)26-16-9-14(21(3,22)23)10-24-18(16)28;1-2;;;/h5-10,12,17H,4,11H2,1-3H3,(H,24,28)(H,25,29)(H,26,30);1-2H3;3*1H/t12-,17-;;;;/m0..../s1. The number of para-hydroxylation sites is 1. The van der Waals surface area contributed by atoms with Crippen LogP contribution in [0.1, 0.15) is 56.4 Å². The van der Waals surface area contributed by atoms with Gasteiger partial charge in [0.1, 0.15) is 11.7 Å². The van der Waals surface area contributed by atoms with Gasteiger partial charge in [-0.2, -0.15) is 0 Å². The monoisotopic (exact) mass is 454 g/mol. The number of carbonyl (C=O) groups is 2. The van der Waals surface area contributed by atoms with Gasteiger partial charge >= 0.3 is 6.03 Å². The lowest BCUT2D eigenvalue weighted by Gasteiger charge is -2.32. The van der Waals surface area contributed by atoms with Gasteiger partial charge in [-0.25, -0.2) is 13.6 Å². The molecule has 2 atom stereocenters. The number of fused-ring (bicyclic) bond motifs is 1. The third-order valence-corrected chi connectivity index (χ3v) is 5.32. The van der Waals surface area contributed by atoms with Gasteiger partial charge in [0.25, 0.3) is 11.5 Å². The molecule has 0 spiro atoms. The van der Waals surface area contributed by atoms with Crippen molar-refractivity contribution in [3.8, 4) is 0 Å². The van der Waals surface area contributed by atoms with Crippen molar-refractivity contribution >= 4 is 23.3 Å². The van der Waals surface area contributed by atoms with E-state index in [1.165, 1.54) is 4.90 Å². The number of aromatic nitrogens is 1. The number of pyridine rings is 1. The van der Waals surface area contributed by atoms with Crippen molar-refractivity contribution in [3.05, 3.63) is 58.0 Å². The molecule has 1 aromatic carbocycles. The van der Waals surface area contributed by atoms with E-state index in [2.05, 4.69) is 15.6 Å². The van der Waals surface area contributed by atoms with Crippen LogP contribution in [0.15, 0.2) is 41.3 Å². The molecule has 7 nitrogen and oxygen atoms in total. The summed E-state index contributed by atoms with van der Waals surface area (Å²) in [6, 6.07) is 6.55.